The van der Waals surface area contributed by atoms with Gasteiger partial charge >= 0.3 is 0 Å². The molecule has 7 heteroatoms. The van der Waals surface area contributed by atoms with Gasteiger partial charge in [-0.05, 0) is 29.3 Å². The van der Waals surface area contributed by atoms with Crippen molar-refractivity contribution >= 4 is 0 Å². The van der Waals surface area contributed by atoms with Crippen molar-refractivity contribution in [1.82, 2.24) is 0 Å². The van der Waals surface area contributed by atoms with E-state index in [0.29, 0.717) is 11.5 Å². The summed E-state index contributed by atoms with van der Waals surface area (Å²) in [4.78, 5) is 0. The van der Waals surface area contributed by atoms with Crippen molar-refractivity contribution in [2.45, 2.75) is 18.9 Å². The van der Waals surface area contributed by atoms with Crippen LogP contribution in [-0.2, 0) is 12.8 Å². The number of halogens is 1. The van der Waals surface area contributed by atoms with Gasteiger partial charge in [-0.1, -0.05) is 6.07 Å². The van der Waals surface area contributed by atoms with Gasteiger partial charge in [-0.3, -0.25) is 0 Å². The molecule has 166 valence electrons. The summed E-state index contributed by atoms with van der Waals surface area (Å²) in [5.74, 6) is 3.59. The molecule has 1 aliphatic heterocycles. The summed E-state index contributed by atoms with van der Waals surface area (Å²) < 4.78 is 28.8. The zero-order valence-corrected chi connectivity index (χ0v) is 21.0. The normalized spacial score (nSPS) is 16.7. The number of hydrogen-bond donors (Lipinski definition) is 0. The molecule has 1 atom stereocenters. The SMILES string of the molecule is COc1ccc(CC2c3c(cc(OC)c(OC)c3OC)CC[N+]2(C)C)cc1OC.[I-]. The van der Waals surface area contributed by atoms with E-state index in [1.807, 2.05) is 6.07 Å². The number of likely N-dealkylation sites (N-methyl/N-ethyl adjacent to an activating group) is 1. The van der Waals surface area contributed by atoms with E-state index in [1.165, 1.54) is 16.7 Å². The molecule has 0 saturated carbocycles. The van der Waals surface area contributed by atoms with Crippen molar-refractivity contribution < 1.29 is 52.1 Å². The van der Waals surface area contributed by atoms with Crippen LogP contribution in [0.15, 0.2) is 24.3 Å². The van der Waals surface area contributed by atoms with Crippen LogP contribution >= 0.6 is 0 Å². The molecule has 0 saturated heterocycles. The Morgan fingerprint density at radius 3 is 2.00 bits per heavy atom. The van der Waals surface area contributed by atoms with E-state index in [-0.39, 0.29) is 30.0 Å². The molecule has 0 aliphatic carbocycles. The Bertz CT molecular complexity index is 884. The standard InChI is InChI=1S/C23H32NO5.HI/c1-24(2)11-10-16-14-20(27-5)22(28-6)23(29-7)21(16)17(24)12-15-8-9-18(25-3)19(13-15)26-4;/h8-9,13-14,17H,10-12H2,1-7H3;1H/q+1;/p-1. The Balaban J connectivity index is 0.00000320. The zero-order valence-electron chi connectivity index (χ0n) is 18.9. The summed E-state index contributed by atoms with van der Waals surface area (Å²) in [6, 6.07) is 8.41. The first-order chi connectivity index (χ1) is 13.9. The maximum absolute atomic E-state index is 5.86. The minimum atomic E-state index is 0. The lowest BCUT2D eigenvalue weighted by Crippen LogP contribution is -3.00. The second kappa shape index (κ2) is 9.96. The number of methoxy groups -OCH3 is 5. The Morgan fingerprint density at radius 1 is 0.800 bits per heavy atom. The maximum Gasteiger partial charge on any atom is 0.203 e. The molecule has 0 radical (unpaired) electrons. The molecular weight excluding hydrogens is 497 g/mol. The van der Waals surface area contributed by atoms with E-state index in [9.17, 15) is 0 Å². The number of nitrogens with zero attached hydrogens (tertiary/aromatic N) is 1. The Hall–Kier alpha value is -1.87. The van der Waals surface area contributed by atoms with Gasteiger partial charge in [0.25, 0.3) is 0 Å². The highest BCUT2D eigenvalue weighted by Gasteiger charge is 2.40. The third kappa shape index (κ3) is 4.42. The highest BCUT2D eigenvalue weighted by molar-refractivity contribution is 5.60. The van der Waals surface area contributed by atoms with Gasteiger partial charge in [0.15, 0.2) is 23.0 Å². The first-order valence-electron chi connectivity index (χ1n) is 9.75. The van der Waals surface area contributed by atoms with Crippen LogP contribution in [0, 0.1) is 0 Å². The lowest BCUT2D eigenvalue weighted by molar-refractivity contribution is -0.923. The average molecular weight is 529 g/mol. The lowest BCUT2D eigenvalue weighted by Gasteiger charge is -2.43. The topological polar surface area (TPSA) is 46.2 Å². The largest absolute Gasteiger partial charge is 1.00 e. The van der Waals surface area contributed by atoms with Crippen molar-refractivity contribution in [3.05, 3.63) is 41.0 Å². The molecule has 0 aromatic heterocycles. The highest BCUT2D eigenvalue weighted by atomic mass is 127. The van der Waals surface area contributed by atoms with Gasteiger partial charge in [-0.15, -0.1) is 0 Å². The summed E-state index contributed by atoms with van der Waals surface area (Å²) in [5.41, 5.74) is 3.63. The number of benzene rings is 2. The van der Waals surface area contributed by atoms with Gasteiger partial charge in [0.2, 0.25) is 5.75 Å². The quantitative estimate of drug-likeness (QED) is 0.390. The number of fused-ring (bicyclic) bond motifs is 1. The first kappa shape index (κ1) is 24.4. The number of ether oxygens (including phenoxy) is 5. The van der Waals surface area contributed by atoms with Crippen molar-refractivity contribution in [2.24, 2.45) is 0 Å². The summed E-state index contributed by atoms with van der Waals surface area (Å²) >= 11 is 0. The average Bonchev–Trinajstić information content (AvgIpc) is 2.73. The summed E-state index contributed by atoms with van der Waals surface area (Å²) in [7, 11) is 12.9. The van der Waals surface area contributed by atoms with E-state index >= 15 is 0 Å². The van der Waals surface area contributed by atoms with Crippen LogP contribution in [0.25, 0.3) is 0 Å². The smallest absolute Gasteiger partial charge is 0.203 e. The summed E-state index contributed by atoms with van der Waals surface area (Å²) in [5, 5.41) is 0. The highest BCUT2D eigenvalue weighted by Crippen LogP contribution is 2.49. The molecule has 6 nitrogen and oxygen atoms in total. The van der Waals surface area contributed by atoms with Gasteiger partial charge in [0.05, 0.1) is 61.8 Å². The van der Waals surface area contributed by atoms with Crippen LogP contribution in [0.5, 0.6) is 28.7 Å². The van der Waals surface area contributed by atoms with E-state index in [4.69, 9.17) is 23.7 Å². The predicted octanol–water partition coefficient (Wildman–Crippen LogP) is 0.650. The molecule has 0 amide bonds. The predicted molar refractivity (Wildman–Crippen MR) is 113 cm³/mol. The fourth-order valence-electron chi connectivity index (χ4n) is 4.30. The molecule has 1 unspecified atom stereocenters. The maximum atomic E-state index is 5.86. The number of quaternary nitrogens is 1. The van der Waals surface area contributed by atoms with Crippen LogP contribution in [0.4, 0.5) is 0 Å². The third-order valence-corrected chi connectivity index (χ3v) is 5.97. The van der Waals surface area contributed by atoms with Crippen molar-refractivity contribution in [1.29, 1.82) is 0 Å². The van der Waals surface area contributed by atoms with E-state index in [0.717, 1.165) is 41.1 Å². The number of hydrogen-bond acceptors (Lipinski definition) is 5. The van der Waals surface area contributed by atoms with Crippen LogP contribution in [0.3, 0.4) is 0 Å². The summed E-state index contributed by atoms with van der Waals surface area (Å²) in [6.45, 7) is 1.03. The minimum absolute atomic E-state index is 0. The monoisotopic (exact) mass is 529 g/mol. The second-order valence-electron chi connectivity index (χ2n) is 7.88. The molecule has 1 aliphatic rings. The van der Waals surface area contributed by atoms with Gasteiger partial charge in [-0.25, -0.2) is 0 Å². The van der Waals surface area contributed by atoms with Crippen LogP contribution in [0.1, 0.15) is 22.7 Å². The zero-order chi connectivity index (χ0) is 21.2. The molecule has 0 fully saturated rings. The van der Waals surface area contributed by atoms with Crippen molar-refractivity contribution in [2.75, 3.05) is 56.2 Å². The third-order valence-electron chi connectivity index (χ3n) is 5.97. The van der Waals surface area contributed by atoms with E-state index < -0.39 is 0 Å². The lowest BCUT2D eigenvalue weighted by atomic mass is 9.86. The molecule has 0 N–H and O–H groups in total. The van der Waals surface area contributed by atoms with Gasteiger partial charge in [0.1, 0.15) is 6.04 Å². The van der Waals surface area contributed by atoms with Crippen molar-refractivity contribution in [3.63, 3.8) is 0 Å². The molecule has 0 bridgehead atoms. The summed E-state index contributed by atoms with van der Waals surface area (Å²) in [6.07, 6.45) is 1.80. The molecule has 1 heterocycles. The second-order valence-corrected chi connectivity index (χ2v) is 7.88. The van der Waals surface area contributed by atoms with Crippen LogP contribution < -0.4 is 47.7 Å². The van der Waals surface area contributed by atoms with E-state index in [1.54, 1.807) is 35.5 Å². The fourth-order valence-corrected chi connectivity index (χ4v) is 4.30. The van der Waals surface area contributed by atoms with Gasteiger partial charge < -0.3 is 52.1 Å². The molecule has 2 aromatic carbocycles. The molecule has 0 spiro atoms. The number of rotatable bonds is 7. The van der Waals surface area contributed by atoms with Gasteiger partial charge in [-0.2, -0.15) is 0 Å². The Labute approximate surface area is 196 Å². The van der Waals surface area contributed by atoms with Crippen LogP contribution in [0.2, 0.25) is 0 Å². The van der Waals surface area contributed by atoms with Crippen LogP contribution in [-0.4, -0.2) is 60.7 Å². The van der Waals surface area contributed by atoms with Crippen molar-refractivity contribution in [3.8, 4) is 28.7 Å². The van der Waals surface area contributed by atoms with Gasteiger partial charge in [0, 0.05) is 12.8 Å². The molecule has 30 heavy (non-hydrogen) atoms. The Morgan fingerprint density at radius 2 is 1.43 bits per heavy atom. The Kier molecular flexibility index (Phi) is 8.10. The fraction of sp³-hybridized carbons (Fsp3) is 0.478. The minimum Gasteiger partial charge on any atom is -1.00 e. The molecular formula is C23H32INO5. The van der Waals surface area contributed by atoms with E-state index in [2.05, 4.69) is 32.3 Å². The molecule has 2 aromatic rings. The first-order valence-corrected chi connectivity index (χ1v) is 9.75. The molecule has 3 rings (SSSR count).